The van der Waals surface area contributed by atoms with Crippen LogP contribution in [-0.2, 0) is 4.74 Å². The zero-order valence-corrected chi connectivity index (χ0v) is 13.5. The molecule has 2 nitrogen and oxygen atoms in total. The number of morpholine rings is 1. The van der Waals surface area contributed by atoms with Gasteiger partial charge in [-0.1, -0.05) is 59.3 Å². The van der Waals surface area contributed by atoms with Crippen molar-refractivity contribution in [2.75, 3.05) is 26.3 Å². The van der Waals surface area contributed by atoms with Crippen LogP contribution in [0.5, 0.6) is 0 Å². The average molecular weight is 269 g/mol. The second-order valence-electron chi connectivity index (χ2n) is 6.14. The van der Waals surface area contributed by atoms with Crippen molar-refractivity contribution in [2.24, 2.45) is 5.92 Å². The Morgan fingerprint density at radius 2 is 1.79 bits per heavy atom. The molecule has 0 amide bonds. The van der Waals surface area contributed by atoms with Gasteiger partial charge < -0.3 is 4.74 Å². The van der Waals surface area contributed by atoms with Gasteiger partial charge in [-0.3, -0.25) is 4.90 Å². The van der Waals surface area contributed by atoms with Gasteiger partial charge in [-0.15, -0.1) is 0 Å². The Balaban J connectivity index is 2.24. The lowest BCUT2D eigenvalue weighted by Crippen LogP contribution is -2.45. The molecule has 1 aliphatic rings. The third-order valence-corrected chi connectivity index (χ3v) is 4.40. The van der Waals surface area contributed by atoms with Crippen LogP contribution in [0.4, 0.5) is 0 Å². The predicted molar refractivity (Wildman–Crippen MR) is 83.6 cm³/mol. The van der Waals surface area contributed by atoms with Crippen LogP contribution in [0.25, 0.3) is 0 Å². The summed E-state index contributed by atoms with van der Waals surface area (Å²) in [7, 11) is 0. The van der Waals surface area contributed by atoms with E-state index < -0.39 is 0 Å². The summed E-state index contributed by atoms with van der Waals surface area (Å²) in [5, 5.41) is 0. The first-order valence-corrected chi connectivity index (χ1v) is 8.63. The molecular weight excluding hydrogens is 234 g/mol. The lowest BCUT2D eigenvalue weighted by atomic mass is 9.91. The molecule has 0 saturated carbocycles. The van der Waals surface area contributed by atoms with E-state index in [1.165, 1.54) is 57.9 Å². The fraction of sp³-hybridized carbons (Fsp3) is 1.00. The van der Waals surface area contributed by atoms with Crippen molar-refractivity contribution in [3.05, 3.63) is 0 Å². The van der Waals surface area contributed by atoms with Crippen molar-refractivity contribution < 1.29 is 4.74 Å². The van der Waals surface area contributed by atoms with Crippen LogP contribution in [0, 0.1) is 5.92 Å². The highest BCUT2D eigenvalue weighted by atomic mass is 16.5. The van der Waals surface area contributed by atoms with Crippen molar-refractivity contribution in [3.63, 3.8) is 0 Å². The summed E-state index contributed by atoms with van der Waals surface area (Å²) >= 11 is 0. The van der Waals surface area contributed by atoms with E-state index in [2.05, 4.69) is 25.7 Å². The topological polar surface area (TPSA) is 12.5 Å². The van der Waals surface area contributed by atoms with E-state index in [0.717, 1.165) is 25.7 Å². The molecule has 1 aliphatic heterocycles. The zero-order chi connectivity index (χ0) is 13.9. The van der Waals surface area contributed by atoms with E-state index in [4.69, 9.17) is 4.74 Å². The maximum absolute atomic E-state index is 5.67. The highest BCUT2D eigenvalue weighted by Crippen LogP contribution is 2.22. The van der Waals surface area contributed by atoms with Gasteiger partial charge in [0.2, 0.25) is 0 Å². The van der Waals surface area contributed by atoms with Gasteiger partial charge in [-0.25, -0.2) is 0 Å². The van der Waals surface area contributed by atoms with Gasteiger partial charge in [-0.05, 0) is 25.3 Å². The van der Waals surface area contributed by atoms with Gasteiger partial charge in [0, 0.05) is 12.6 Å². The van der Waals surface area contributed by atoms with Gasteiger partial charge >= 0.3 is 0 Å². The van der Waals surface area contributed by atoms with Gasteiger partial charge in [0.1, 0.15) is 0 Å². The van der Waals surface area contributed by atoms with Crippen molar-refractivity contribution >= 4 is 0 Å². The molecule has 1 fully saturated rings. The first-order chi connectivity index (χ1) is 9.31. The minimum atomic E-state index is 0.692. The Morgan fingerprint density at radius 1 is 1.05 bits per heavy atom. The van der Waals surface area contributed by atoms with Crippen LogP contribution in [0.15, 0.2) is 0 Å². The third kappa shape index (κ3) is 6.76. The van der Waals surface area contributed by atoms with Crippen molar-refractivity contribution in [1.82, 2.24) is 4.90 Å². The van der Waals surface area contributed by atoms with Crippen LogP contribution in [0.3, 0.4) is 0 Å². The van der Waals surface area contributed by atoms with Crippen LogP contribution >= 0.6 is 0 Å². The summed E-state index contributed by atoms with van der Waals surface area (Å²) in [5.41, 5.74) is 0. The molecule has 0 aromatic rings. The second kappa shape index (κ2) is 10.7. The summed E-state index contributed by atoms with van der Waals surface area (Å²) in [5.74, 6) is 0.971. The zero-order valence-electron chi connectivity index (χ0n) is 13.5. The predicted octanol–water partition coefficient (Wildman–Crippen LogP) is 4.48. The first kappa shape index (κ1) is 17.0. The summed E-state index contributed by atoms with van der Waals surface area (Å²) in [6, 6.07) is 0.692. The van der Waals surface area contributed by atoms with E-state index in [9.17, 15) is 0 Å². The smallest absolute Gasteiger partial charge is 0.0622 e. The molecule has 1 saturated heterocycles. The highest BCUT2D eigenvalue weighted by molar-refractivity contribution is 4.75. The molecule has 1 heterocycles. The maximum Gasteiger partial charge on any atom is 0.0622 e. The Kier molecular flexibility index (Phi) is 9.54. The summed E-state index contributed by atoms with van der Waals surface area (Å²) in [4.78, 5) is 2.65. The standard InChI is InChI=1S/C17H35NO/c1-4-8-16(9-5-2)10-7-11-17-15-19-14-13-18(17)12-6-3/h16-17H,4-15H2,1-3H3. The van der Waals surface area contributed by atoms with Gasteiger partial charge in [0.15, 0.2) is 0 Å². The SMILES string of the molecule is CCCC(CCC)CCCC1COCCN1CCC. The highest BCUT2D eigenvalue weighted by Gasteiger charge is 2.21. The average Bonchev–Trinajstić information content (AvgIpc) is 2.41. The molecule has 1 unspecified atom stereocenters. The number of rotatable bonds is 10. The van der Waals surface area contributed by atoms with Gasteiger partial charge in [0.25, 0.3) is 0 Å². The van der Waals surface area contributed by atoms with Crippen LogP contribution < -0.4 is 0 Å². The molecule has 0 aliphatic carbocycles. The Labute approximate surface area is 120 Å². The quantitative estimate of drug-likeness (QED) is 0.579. The number of nitrogens with zero attached hydrogens (tertiary/aromatic N) is 1. The Hall–Kier alpha value is -0.0800. The number of hydrogen-bond acceptors (Lipinski definition) is 2. The molecule has 19 heavy (non-hydrogen) atoms. The van der Waals surface area contributed by atoms with Crippen molar-refractivity contribution in [1.29, 1.82) is 0 Å². The molecule has 0 radical (unpaired) electrons. The van der Waals surface area contributed by atoms with Crippen molar-refractivity contribution in [2.45, 2.75) is 78.2 Å². The molecule has 0 aromatic heterocycles. The molecule has 0 N–H and O–H groups in total. The van der Waals surface area contributed by atoms with Crippen molar-refractivity contribution in [3.8, 4) is 0 Å². The molecule has 1 rings (SSSR count). The first-order valence-electron chi connectivity index (χ1n) is 8.63. The van der Waals surface area contributed by atoms with E-state index >= 15 is 0 Å². The molecule has 0 spiro atoms. The van der Waals surface area contributed by atoms with E-state index in [-0.39, 0.29) is 0 Å². The lowest BCUT2D eigenvalue weighted by Gasteiger charge is -2.35. The van der Waals surface area contributed by atoms with Crippen LogP contribution in [-0.4, -0.2) is 37.2 Å². The second-order valence-corrected chi connectivity index (χ2v) is 6.14. The largest absolute Gasteiger partial charge is 0.378 e. The van der Waals surface area contributed by atoms with E-state index in [0.29, 0.717) is 6.04 Å². The summed E-state index contributed by atoms with van der Waals surface area (Å²) in [6.07, 6.45) is 11.0. The fourth-order valence-corrected chi connectivity index (χ4v) is 3.43. The lowest BCUT2D eigenvalue weighted by molar-refractivity contribution is -0.0113. The normalized spacial score (nSPS) is 21.2. The molecular formula is C17H35NO. The van der Waals surface area contributed by atoms with E-state index in [1.807, 2.05) is 0 Å². The molecule has 1 atom stereocenters. The third-order valence-electron chi connectivity index (χ3n) is 4.40. The fourth-order valence-electron chi connectivity index (χ4n) is 3.43. The maximum atomic E-state index is 5.67. The summed E-state index contributed by atoms with van der Waals surface area (Å²) < 4.78 is 5.67. The molecule has 2 heteroatoms. The van der Waals surface area contributed by atoms with E-state index in [1.54, 1.807) is 0 Å². The van der Waals surface area contributed by atoms with Crippen LogP contribution in [0.1, 0.15) is 72.1 Å². The monoisotopic (exact) mass is 269 g/mol. The van der Waals surface area contributed by atoms with Gasteiger partial charge in [0.05, 0.1) is 13.2 Å². The summed E-state index contributed by atoms with van der Waals surface area (Å²) in [6.45, 7) is 11.2. The minimum Gasteiger partial charge on any atom is -0.378 e. The minimum absolute atomic E-state index is 0.692. The van der Waals surface area contributed by atoms with Crippen LogP contribution in [0.2, 0.25) is 0 Å². The van der Waals surface area contributed by atoms with Gasteiger partial charge in [-0.2, -0.15) is 0 Å². The molecule has 0 bridgehead atoms. The Bertz CT molecular complexity index is 199. The Morgan fingerprint density at radius 3 is 2.42 bits per heavy atom. The molecule has 114 valence electrons. The number of hydrogen-bond donors (Lipinski definition) is 0. The number of ether oxygens (including phenoxy) is 1. The molecule has 0 aromatic carbocycles.